The molecule has 8 nitrogen and oxygen atoms in total. The van der Waals surface area contributed by atoms with E-state index < -0.39 is 17.1 Å². The minimum atomic E-state index is -3.85. The fraction of sp³-hybridized carbons (Fsp3) is 0.591. The number of carbonyl (C=O) groups is 3. The molecule has 3 saturated heterocycles. The Hall–Kier alpha value is -2.30. The second-order valence-corrected chi connectivity index (χ2v) is 9.25. The van der Waals surface area contributed by atoms with E-state index in [9.17, 15) is 23.2 Å². The lowest BCUT2D eigenvalue weighted by molar-refractivity contribution is -0.136. The number of halogens is 3. The number of likely N-dealkylation sites (tertiary alicyclic amines) is 2. The molecule has 0 saturated carbocycles. The summed E-state index contributed by atoms with van der Waals surface area (Å²) >= 11 is 4.76. The Morgan fingerprint density at radius 2 is 1.67 bits per heavy atom. The maximum atomic E-state index is 13.1. The summed E-state index contributed by atoms with van der Waals surface area (Å²) in [6.45, 7) is 2.64. The average molecular weight is 485 g/mol. The molecule has 0 aromatic heterocycles. The van der Waals surface area contributed by atoms with Crippen molar-refractivity contribution in [3.63, 3.8) is 0 Å². The van der Waals surface area contributed by atoms with E-state index in [1.165, 1.54) is 24.3 Å². The van der Waals surface area contributed by atoms with Crippen LogP contribution >= 0.6 is 11.6 Å². The Bertz CT molecular complexity index is 910. The monoisotopic (exact) mass is 484 g/mol. The van der Waals surface area contributed by atoms with Crippen molar-refractivity contribution in [1.29, 1.82) is 0 Å². The van der Waals surface area contributed by atoms with E-state index in [0.29, 0.717) is 25.9 Å². The van der Waals surface area contributed by atoms with Crippen molar-refractivity contribution in [2.75, 3.05) is 31.1 Å². The highest BCUT2D eigenvalue weighted by Crippen LogP contribution is 2.35. The molecule has 11 heteroatoms. The lowest BCUT2D eigenvalue weighted by Crippen LogP contribution is -2.64. The molecule has 1 aromatic carbocycles. The third kappa shape index (κ3) is 4.83. The maximum Gasteiger partial charge on any atom is 0.487 e. The highest BCUT2D eigenvalue weighted by molar-refractivity contribution is 6.22. The number of imide groups is 1. The molecule has 33 heavy (non-hydrogen) atoms. The summed E-state index contributed by atoms with van der Waals surface area (Å²) in [5, 5.41) is 0. The topological polar surface area (TPSA) is 96.2 Å². The molecule has 0 radical (unpaired) electrons. The van der Waals surface area contributed by atoms with E-state index in [0.717, 1.165) is 37.3 Å². The Balaban J connectivity index is 1.43. The van der Waals surface area contributed by atoms with Crippen LogP contribution in [0.5, 0.6) is 5.75 Å². The minimum Gasteiger partial charge on any atom is -0.420 e. The summed E-state index contributed by atoms with van der Waals surface area (Å²) in [4.78, 5) is 43.4. The van der Waals surface area contributed by atoms with Crippen molar-refractivity contribution in [3.8, 4) is 5.75 Å². The third-order valence-corrected chi connectivity index (χ3v) is 7.01. The molecule has 1 atom stereocenters. The van der Waals surface area contributed by atoms with Crippen LogP contribution in [-0.4, -0.2) is 70.8 Å². The van der Waals surface area contributed by atoms with Crippen LogP contribution in [0.2, 0.25) is 0 Å². The second-order valence-electron chi connectivity index (χ2n) is 8.81. The van der Waals surface area contributed by atoms with Crippen LogP contribution in [0.15, 0.2) is 24.3 Å². The summed E-state index contributed by atoms with van der Waals surface area (Å²) in [5.74, 6) is -1.26. The first-order valence-corrected chi connectivity index (χ1v) is 11.5. The second kappa shape index (κ2) is 9.15. The molecule has 1 unspecified atom stereocenters. The number of carbonyl (C=O) groups excluding carboxylic acids is 3. The predicted molar refractivity (Wildman–Crippen MR) is 117 cm³/mol. The van der Waals surface area contributed by atoms with E-state index in [1.54, 1.807) is 0 Å². The molecular weight excluding hydrogens is 458 g/mol. The van der Waals surface area contributed by atoms with Crippen molar-refractivity contribution in [2.24, 2.45) is 5.73 Å². The Morgan fingerprint density at radius 1 is 1.06 bits per heavy atom. The van der Waals surface area contributed by atoms with Crippen molar-refractivity contribution < 1.29 is 27.9 Å². The summed E-state index contributed by atoms with van der Waals surface area (Å²) < 4.78 is 29.9. The van der Waals surface area contributed by atoms with E-state index >= 15 is 0 Å². The number of benzene rings is 1. The summed E-state index contributed by atoms with van der Waals surface area (Å²) in [6.07, 6.45) is 4.26. The van der Waals surface area contributed by atoms with Gasteiger partial charge in [0.15, 0.2) is 0 Å². The fourth-order valence-corrected chi connectivity index (χ4v) is 5.30. The van der Waals surface area contributed by atoms with E-state index in [4.69, 9.17) is 17.3 Å². The van der Waals surface area contributed by atoms with Gasteiger partial charge in [-0.25, -0.2) is 4.90 Å². The molecule has 3 fully saturated rings. The zero-order valence-corrected chi connectivity index (χ0v) is 18.9. The number of rotatable bonds is 6. The third-order valence-electron chi connectivity index (χ3n) is 6.94. The number of nitrogens with two attached hydrogens (primary N) is 1. The van der Waals surface area contributed by atoms with Gasteiger partial charge in [-0.15, -0.1) is 8.78 Å². The van der Waals surface area contributed by atoms with Crippen LogP contribution in [0, 0.1) is 0 Å². The number of hydrogen-bond acceptors (Lipinski definition) is 6. The number of nitrogens with zero attached hydrogens (tertiary/aromatic N) is 3. The largest absolute Gasteiger partial charge is 0.487 e. The number of ether oxygens (including phenoxy) is 1. The molecule has 4 rings (SSSR count). The Morgan fingerprint density at radius 3 is 2.21 bits per heavy atom. The van der Waals surface area contributed by atoms with E-state index in [2.05, 4.69) is 9.64 Å². The van der Waals surface area contributed by atoms with Gasteiger partial charge in [-0.1, -0.05) is 6.42 Å². The van der Waals surface area contributed by atoms with Crippen LogP contribution in [0.3, 0.4) is 0 Å². The van der Waals surface area contributed by atoms with Gasteiger partial charge in [-0.05, 0) is 63.0 Å². The molecule has 180 valence electrons. The number of anilines is 1. The zero-order chi connectivity index (χ0) is 23.8. The Kier molecular flexibility index (Phi) is 6.61. The molecule has 1 aromatic rings. The molecule has 3 aliphatic heterocycles. The number of amides is 3. The van der Waals surface area contributed by atoms with Crippen LogP contribution < -0.4 is 15.4 Å². The average Bonchev–Trinajstić information content (AvgIpc) is 3.07. The first-order valence-electron chi connectivity index (χ1n) is 11.1. The normalized spacial score (nSPS) is 24.8. The summed E-state index contributed by atoms with van der Waals surface area (Å²) in [6, 6.07) is 4.54. The molecule has 3 heterocycles. The maximum absolute atomic E-state index is 13.1. The lowest BCUT2D eigenvalue weighted by Gasteiger charge is -2.48. The van der Waals surface area contributed by atoms with Crippen LogP contribution in [-0.2, 0) is 14.4 Å². The quantitative estimate of drug-likeness (QED) is 0.491. The highest BCUT2D eigenvalue weighted by Gasteiger charge is 2.49. The fourth-order valence-electron chi connectivity index (χ4n) is 5.22. The molecule has 3 amide bonds. The van der Waals surface area contributed by atoms with Crippen LogP contribution in [0.4, 0.5) is 14.5 Å². The molecule has 0 bridgehead atoms. The molecule has 3 aliphatic rings. The van der Waals surface area contributed by atoms with Gasteiger partial charge in [0.1, 0.15) is 11.3 Å². The van der Waals surface area contributed by atoms with Gasteiger partial charge in [0, 0.05) is 24.7 Å². The van der Waals surface area contributed by atoms with Crippen molar-refractivity contribution >= 4 is 35.0 Å². The first kappa shape index (κ1) is 23.8. The first-order chi connectivity index (χ1) is 15.6. The van der Waals surface area contributed by atoms with E-state index in [-0.39, 0.29) is 35.6 Å². The minimum absolute atomic E-state index is 0.0180. The van der Waals surface area contributed by atoms with Gasteiger partial charge in [-0.3, -0.25) is 24.2 Å². The highest BCUT2D eigenvalue weighted by atomic mass is 35.5. The van der Waals surface area contributed by atoms with Crippen LogP contribution in [0.25, 0.3) is 0 Å². The summed E-state index contributed by atoms with van der Waals surface area (Å²) in [5.41, 5.74) is 1.55. The van der Waals surface area contributed by atoms with E-state index in [1.807, 2.05) is 4.90 Å². The number of alkyl halides is 3. The SMILES string of the molecule is NC(=O)C1(N2CCCCC2)CCN(C2CC(=O)N(c3ccc(OC(F)(F)Cl)cc3)C2=O)CC1. The molecule has 2 N–H and O–H groups in total. The number of hydrogen-bond donors (Lipinski definition) is 1. The Labute approximate surface area is 195 Å². The van der Waals surface area contributed by atoms with Crippen LogP contribution in [0.1, 0.15) is 38.5 Å². The smallest absolute Gasteiger partial charge is 0.420 e. The van der Waals surface area contributed by atoms with Gasteiger partial charge in [0.05, 0.1) is 18.2 Å². The van der Waals surface area contributed by atoms with Crippen molar-refractivity contribution in [1.82, 2.24) is 9.80 Å². The zero-order valence-electron chi connectivity index (χ0n) is 18.1. The lowest BCUT2D eigenvalue weighted by atomic mass is 9.83. The van der Waals surface area contributed by atoms with Gasteiger partial charge < -0.3 is 10.5 Å². The standard InChI is InChI=1S/C22H27ClF2N4O4/c23-22(24,25)33-16-6-4-15(5-7-16)29-18(30)14-17(19(29)31)27-12-8-21(9-13-27,20(26)32)28-10-2-1-3-11-28/h4-7,17H,1-3,8-14H2,(H2,26,32). The van der Waals surface area contributed by atoms with Crippen molar-refractivity contribution in [2.45, 2.75) is 55.7 Å². The van der Waals surface area contributed by atoms with Crippen molar-refractivity contribution in [3.05, 3.63) is 24.3 Å². The number of piperidine rings is 2. The molecule has 0 spiro atoms. The number of primary amides is 1. The van der Waals surface area contributed by atoms with Gasteiger partial charge in [0.2, 0.25) is 11.8 Å². The molecule has 0 aliphatic carbocycles. The predicted octanol–water partition coefficient (Wildman–Crippen LogP) is 2.29. The summed E-state index contributed by atoms with van der Waals surface area (Å²) in [7, 11) is 0. The van der Waals surface area contributed by atoms with Gasteiger partial charge in [0.25, 0.3) is 5.91 Å². The molecular formula is C22H27ClF2N4O4. The van der Waals surface area contributed by atoms with Gasteiger partial charge >= 0.3 is 5.57 Å². The van der Waals surface area contributed by atoms with Gasteiger partial charge in [-0.2, -0.15) is 0 Å².